The van der Waals surface area contributed by atoms with Crippen LogP contribution in [0.4, 0.5) is 0 Å². The fraction of sp³-hybridized carbons (Fsp3) is 0.0769. The number of hydrogen-bond donors (Lipinski definition) is 0. The van der Waals surface area contributed by atoms with Gasteiger partial charge < -0.3 is 0 Å². The van der Waals surface area contributed by atoms with Crippen molar-refractivity contribution in [2.75, 3.05) is 0 Å². The molecule has 0 amide bonds. The monoisotopic (exact) mass is 448 g/mol. The van der Waals surface area contributed by atoms with Gasteiger partial charge >= 0.3 is 0 Å². The molecule has 1 aliphatic rings. The lowest BCUT2D eigenvalue weighted by Gasteiger charge is -2.04. The minimum Gasteiger partial charge on any atom is -0.0721 e. The number of fused-ring (bicyclic) bond motifs is 3. The van der Waals surface area contributed by atoms with Crippen molar-refractivity contribution in [1.82, 2.24) is 0 Å². The molecule has 16 heavy (non-hydrogen) atoms. The van der Waals surface area contributed by atoms with Gasteiger partial charge in [0, 0.05) is 8.95 Å². The second kappa shape index (κ2) is 4.10. The molecule has 0 spiro atoms. The Kier molecular flexibility index (Phi) is 2.88. The molecule has 0 aliphatic heterocycles. The van der Waals surface area contributed by atoms with E-state index in [4.69, 9.17) is 0 Å². The van der Waals surface area contributed by atoms with Crippen LogP contribution >= 0.6 is 54.5 Å². The number of halogens is 3. The molecule has 0 fully saturated rings. The molecule has 2 aromatic carbocycles. The molecule has 0 N–H and O–H groups in total. The summed E-state index contributed by atoms with van der Waals surface area (Å²) in [5.74, 6) is 0. The van der Waals surface area contributed by atoms with Gasteiger partial charge in [-0.2, -0.15) is 0 Å². The number of rotatable bonds is 0. The van der Waals surface area contributed by atoms with Gasteiger partial charge in [-0.25, -0.2) is 0 Å². The van der Waals surface area contributed by atoms with Gasteiger partial charge in [-0.3, -0.25) is 0 Å². The number of benzene rings is 2. The molecule has 0 atom stereocenters. The molecular weight excluding hydrogens is 443 g/mol. The van der Waals surface area contributed by atoms with E-state index in [1.807, 2.05) is 0 Å². The molecular formula is C13H7Br2I. The van der Waals surface area contributed by atoms with E-state index >= 15 is 0 Å². The molecule has 0 unspecified atom stereocenters. The summed E-state index contributed by atoms with van der Waals surface area (Å²) in [5, 5.41) is 0. The summed E-state index contributed by atoms with van der Waals surface area (Å²) in [5.41, 5.74) is 5.54. The Labute approximate surface area is 125 Å². The number of hydrogen-bond acceptors (Lipinski definition) is 0. The standard InChI is InChI=1S/C13H7Br2I/c14-7-1-3-9-10-4-2-8(15)6-12(10)13(16)11(9)5-7/h1-6,13H. The average Bonchev–Trinajstić information content (AvgIpc) is 2.53. The van der Waals surface area contributed by atoms with Crippen molar-refractivity contribution in [3.05, 3.63) is 56.5 Å². The molecule has 0 bridgehead atoms. The molecule has 3 rings (SSSR count). The predicted octanol–water partition coefficient (Wildman–Crippen LogP) is 5.72. The van der Waals surface area contributed by atoms with Gasteiger partial charge in [0.05, 0.1) is 3.92 Å². The summed E-state index contributed by atoms with van der Waals surface area (Å²) >= 11 is 9.58. The molecule has 0 saturated carbocycles. The highest BCUT2D eigenvalue weighted by Crippen LogP contribution is 2.49. The lowest BCUT2D eigenvalue weighted by Crippen LogP contribution is -1.85. The second-order valence-electron chi connectivity index (χ2n) is 3.83. The molecule has 0 radical (unpaired) electrons. The van der Waals surface area contributed by atoms with Crippen LogP contribution in [0.5, 0.6) is 0 Å². The first-order chi connectivity index (χ1) is 7.66. The summed E-state index contributed by atoms with van der Waals surface area (Å²) in [6, 6.07) is 13.1. The topological polar surface area (TPSA) is 0 Å². The van der Waals surface area contributed by atoms with E-state index in [9.17, 15) is 0 Å². The van der Waals surface area contributed by atoms with Gasteiger partial charge in [-0.15, -0.1) is 0 Å². The molecule has 0 heterocycles. The summed E-state index contributed by atoms with van der Waals surface area (Å²) in [7, 11) is 0. The fourth-order valence-electron chi connectivity index (χ4n) is 2.14. The zero-order chi connectivity index (χ0) is 11.3. The minimum atomic E-state index is 0.456. The van der Waals surface area contributed by atoms with Crippen molar-refractivity contribution in [3.8, 4) is 11.1 Å². The fourth-order valence-corrected chi connectivity index (χ4v) is 3.93. The zero-order valence-corrected chi connectivity index (χ0v) is 13.5. The van der Waals surface area contributed by atoms with Crippen molar-refractivity contribution in [2.45, 2.75) is 3.92 Å². The molecule has 0 nitrogen and oxygen atoms in total. The first-order valence-corrected chi connectivity index (χ1v) is 7.73. The van der Waals surface area contributed by atoms with Crippen molar-refractivity contribution in [1.29, 1.82) is 0 Å². The molecule has 1 aliphatic carbocycles. The van der Waals surface area contributed by atoms with Gasteiger partial charge in [-0.1, -0.05) is 66.6 Å². The Balaban J connectivity index is 2.30. The third kappa shape index (κ3) is 1.68. The van der Waals surface area contributed by atoms with Crippen LogP contribution < -0.4 is 0 Å². The van der Waals surface area contributed by atoms with E-state index in [0.717, 1.165) is 8.95 Å². The summed E-state index contributed by atoms with van der Waals surface area (Å²) in [4.78, 5) is 0. The molecule has 80 valence electrons. The largest absolute Gasteiger partial charge is 0.0721 e. The Morgan fingerprint density at radius 1 is 0.812 bits per heavy atom. The van der Waals surface area contributed by atoms with Gasteiger partial charge in [0.25, 0.3) is 0 Å². The predicted molar refractivity (Wildman–Crippen MR) is 83.1 cm³/mol. The van der Waals surface area contributed by atoms with Crippen LogP contribution in [0, 0.1) is 0 Å². The van der Waals surface area contributed by atoms with Crippen molar-refractivity contribution in [2.24, 2.45) is 0 Å². The highest BCUT2D eigenvalue weighted by molar-refractivity contribution is 14.1. The van der Waals surface area contributed by atoms with Gasteiger partial charge in [0.15, 0.2) is 0 Å². The maximum absolute atomic E-state index is 3.54. The maximum Gasteiger partial charge on any atom is 0.0621 e. The van der Waals surface area contributed by atoms with Crippen LogP contribution in [0.2, 0.25) is 0 Å². The van der Waals surface area contributed by atoms with Crippen molar-refractivity contribution in [3.63, 3.8) is 0 Å². The first kappa shape index (κ1) is 11.2. The van der Waals surface area contributed by atoms with E-state index in [0.29, 0.717) is 3.92 Å². The summed E-state index contributed by atoms with van der Waals surface area (Å²) < 4.78 is 2.76. The Hall–Kier alpha value is 0.130. The van der Waals surface area contributed by atoms with Crippen LogP contribution in [-0.4, -0.2) is 0 Å². The molecule has 0 saturated heterocycles. The Morgan fingerprint density at radius 2 is 1.25 bits per heavy atom. The zero-order valence-electron chi connectivity index (χ0n) is 8.18. The summed E-state index contributed by atoms with van der Waals surface area (Å²) in [6.45, 7) is 0. The van der Waals surface area contributed by atoms with Crippen LogP contribution in [0.1, 0.15) is 15.1 Å². The molecule has 2 aromatic rings. The van der Waals surface area contributed by atoms with E-state index in [2.05, 4.69) is 90.8 Å². The van der Waals surface area contributed by atoms with E-state index in [1.165, 1.54) is 22.3 Å². The smallest absolute Gasteiger partial charge is 0.0621 e. The van der Waals surface area contributed by atoms with Crippen molar-refractivity contribution >= 4 is 54.5 Å². The van der Waals surface area contributed by atoms with E-state index < -0.39 is 0 Å². The molecule has 0 aromatic heterocycles. The minimum absolute atomic E-state index is 0.456. The first-order valence-electron chi connectivity index (χ1n) is 4.90. The van der Waals surface area contributed by atoms with Crippen LogP contribution in [0.25, 0.3) is 11.1 Å². The van der Waals surface area contributed by atoms with Gasteiger partial charge in [-0.05, 0) is 46.5 Å². The van der Waals surface area contributed by atoms with Crippen molar-refractivity contribution < 1.29 is 0 Å². The quantitative estimate of drug-likeness (QED) is 0.356. The Bertz CT molecular complexity index is 527. The maximum atomic E-state index is 3.54. The number of alkyl halides is 1. The second-order valence-corrected chi connectivity index (χ2v) is 6.90. The average molecular weight is 450 g/mol. The van der Waals surface area contributed by atoms with Crippen LogP contribution in [0.15, 0.2) is 45.3 Å². The van der Waals surface area contributed by atoms with Gasteiger partial charge in [0.1, 0.15) is 0 Å². The molecule has 3 heteroatoms. The lowest BCUT2D eigenvalue weighted by molar-refractivity contribution is 1.26. The normalized spacial score (nSPS) is 13.7. The highest BCUT2D eigenvalue weighted by Gasteiger charge is 2.26. The van der Waals surface area contributed by atoms with E-state index in [1.54, 1.807) is 0 Å². The van der Waals surface area contributed by atoms with Crippen LogP contribution in [-0.2, 0) is 0 Å². The van der Waals surface area contributed by atoms with Gasteiger partial charge in [0.2, 0.25) is 0 Å². The third-order valence-corrected chi connectivity index (χ3v) is 5.19. The van der Waals surface area contributed by atoms with E-state index in [-0.39, 0.29) is 0 Å². The highest BCUT2D eigenvalue weighted by atomic mass is 127. The summed E-state index contributed by atoms with van der Waals surface area (Å²) in [6.07, 6.45) is 0. The van der Waals surface area contributed by atoms with Crippen LogP contribution in [0.3, 0.4) is 0 Å². The third-order valence-electron chi connectivity index (χ3n) is 2.86. The SMILES string of the molecule is Brc1ccc2c(c1)C(I)c1cc(Br)ccc1-2. The Morgan fingerprint density at radius 3 is 1.69 bits per heavy atom. The lowest BCUT2D eigenvalue weighted by atomic mass is 10.1.